The van der Waals surface area contributed by atoms with Gasteiger partial charge in [-0.3, -0.25) is 4.98 Å². The smallest absolute Gasteiger partial charge is 0.120 e. The summed E-state index contributed by atoms with van der Waals surface area (Å²) in [6.07, 6.45) is 5.32. The molecule has 2 rings (SSSR count). The summed E-state index contributed by atoms with van der Waals surface area (Å²) in [5.74, 6) is 0.959. The molecular formula is C13H16N2O. The standard InChI is InChI=1S/C13H16N2O/c1-10(12-5-7-14-8-6-12)15-11(2)13-4-3-9-16-13/h3-11,15H,1-2H3. The number of rotatable bonds is 4. The largest absolute Gasteiger partial charge is 0.468 e. The van der Waals surface area contributed by atoms with Crippen molar-refractivity contribution in [3.05, 3.63) is 54.2 Å². The fraction of sp³-hybridized carbons (Fsp3) is 0.308. The molecule has 0 bridgehead atoms. The highest BCUT2D eigenvalue weighted by molar-refractivity contribution is 5.15. The van der Waals surface area contributed by atoms with E-state index in [0.717, 1.165) is 5.76 Å². The zero-order valence-corrected chi connectivity index (χ0v) is 9.55. The third-order valence-corrected chi connectivity index (χ3v) is 2.68. The van der Waals surface area contributed by atoms with Crippen LogP contribution in [0.25, 0.3) is 0 Å². The minimum Gasteiger partial charge on any atom is -0.468 e. The van der Waals surface area contributed by atoms with Crippen LogP contribution in [-0.2, 0) is 0 Å². The average Bonchev–Trinajstić information content (AvgIpc) is 2.83. The van der Waals surface area contributed by atoms with Gasteiger partial charge in [0, 0.05) is 18.4 Å². The number of aromatic nitrogens is 1. The summed E-state index contributed by atoms with van der Waals surface area (Å²) in [4.78, 5) is 4.01. The molecule has 0 aliphatic heterocycles. The lowest BCUT2D eigenvalue weighted by atomic mass is 10.1. The lowest BCUT2D eigenvalue weighted by molar-refractivity contribution is 0.403. The summed E-state index contributed by atoms with van der Waals surface area (Å²) in [5.41, 5.74) is 1.23. The second-order valence-electron chi connectivity index (χ2n) is 3.91. The molecule has 84 valence electrons. The predicted octanol–water partition coefficient (Wildman–Crippen LogP) is 3.09. The van der Waals surface area contributed by atoms with Crippen molar-refractivity contribution < 1.29 is 4.42 Å². The van der Waals surface area contributed by atoms with Gasteiger partial charge in [-0.25, -0.2) is 0 Å². The van der Waals surface area contributed by atoms with Gasteiger partial charge < -0.3 is 9.73 Å². The van der Waals surface area contributed by atoms with Gasteiger partial charge in [-0.1, -0.05) is 0 Å². The van der Waals surface area contributed by atoms with Crippen molar-refractivity contribution in [3.63, 3.8) is 0 Å². The van der Waals surface area contributed by atoms with Crippen LogP contribution in [0.15, 0.2) is 47.3 Å². The van der Waals surface area contributed by atoms with Crippen LogP contribution < -0.4 is 5.32 Å². The zero-order chi connectivity index (χ0) is 11.4. The fourth-order valence-corrected chi connectivity index (χ4v) is 1.74. The SMILES string of the molecule is CC(NC(C)c1ccco1)c1ccncc1. The van der Waals surface area contributed by atoms with E-state index in [1.165, 1.54) is 5.56 Å². The maximum Gasteiger partial charge on any atom is 0.120 e. The molecule has 2 atom stereocenters. The van der Waals surface area contributed by atoms with E-state index in [0.29, 0.717) is 0 Å². The van der Waals surface area contributed by atoms with Crippen LogP contribution in [0.2, 0.25) is 0 Å². The quantitative estimate of drug-likeness (QED) is 0.853. The number of nitrogens with zero attached hydrogens (tertiary/aromatic N) is 1. The lowest BCUT2D eigenvalue weighted by Crippen LogP contribution is -2.22. The van der Waals surface area contributed by atoms with Crippen molar-refractivity contribution in [1.82, 2.24) is 10.3 Å². The molecule has 16 heavy (non-hydrogen) atoms. The molecule has 0 saturated carbocycles. The molecule has 2 heterocycles. The van der Waals surface area contributed by atoms with Crippen molar-refractivity contribution >= 4 is 0 Å². The van der Waals surface area contributed by atoms with Gasteiger partial charge >= 0.3 is 0 Å². The Kier molecular flexibility index (Phi) is 3.37. The molecule has 0 aromatic carbocycles. The molecule has 3 heteroatoms. The van der Waals surface area contributed by atoms with E-state index in [2.05, 4.69) is 24.1 Å². The average molecular weight is 216 g/mol. The lowest BCUT2D eigenvalue weighted by Gasteiger charge is -2.18. The van der Waals surface area contributed by atoms with E-state index in [1.807, 2.05) is 36.7 Å². The van der Waals surface area contributed by atoms with E-state index in [9.17, 15) is 0 Å². The normalized spacial score (nSPS) is 14.6. The van der Waals surface area contributed by atoms with Gasteiger partial charge in [0.05, 0.1) is 12.3 Å². The van der Waals surface area contributed by atoms with Gasteiger partial charge in [0.1, 0.15) is 5.76 Å². The molecule has 0 fully saturated rings. The Balaban J connectivity index is 2.00. The van der Waals surface area contributed by atoms with Crippen LogP contribution in [0.3, 0.4) is 0 Å². The van der Waals surface area contributed by atoms with Crippen molar-refractivity contribution in [2.45, 2.75) is 25.9 Å². The number of hydrogen-bond donors (Lipinski definition) is 1. The first-order valence-electron chi connectivity index (χ1n) is 5.46. The minimum atomic E-state index is 0.207. The topological polar surface area (TPSA) is 38.1 Å². The number of pyridine rings is 1. The van der Waals surface area contributed by atoms with Gasteiger partial charge in [-0.2, -0.15) is 0 Å². The van der Waals surface area contributed by atoms with Crippen LogP contribution in [0.1, 0.15) is 37.3 Å². The second-order valence-corrected chi connectivity index (χ2v) is 3.91. The van der Waals surface area contributed by atoms with Gasteiger partial charge in [0.25, 0.3) is 0 Å². The molecular weight excluding hydrogens is 200 g/mol. The first-order chi connectivity index (χ1) is 7.77. The first-order valence-corrected chi connectivity index (χ1v) is 5.46. The van der Waals surface area contributed by atoms with Crippen LogP contribution in [-0.4, -0.2) is 4.98 Å². The van der Waals surface area contributed by atoms with E-state index in [1.54, 1.807) is 6.26 Å². The Hall–Kier alpha value is -1.61. The van der Waals surface area contributed by atoms with E-state index in [-0.39, 0.29) is 12.1 Å². The molecule has 0 saturated heterocycles. The maximum absolute atomic E-state index is 5.36. The predicted molar refractivity (Wildman–Crippen MR) is 62.9 cm³/mol. The molecule has 0 amide bonds. The van der Waals surface area contributed by atoms with Crippen LogP contribution in [0.5, 0.6) is 0 Å². The number of hydrogen-bond acceptors (Lipinski definition) is 3. The molecule has 0 spiro atoms. The Morgan fingerprint density at radius 2 is 1.88 bits per heavy atom. The molecule has 0 radical (unpaired) electrons. The van der Waals surface area contributed by atoms with Gasteiger partial charge in [0.2, 0.25) is 0 Å². The van der Waals surface area contributed by atoms with E-state index >= 15 is 0 Å². The number of furan rings is 1. The molecule has 2 unspecified atom stereocenters. The Morgan fingerprint density at radius 3 is 2.50 bits per heavy atom. The molecule has 0 aliphatic rings. The Labute approximate surface area is 95.5 Å². The summed E-state index contributed by atoms with van der Waals surface area (Å²) in [6, 6.07) is 8.42. The fourth-order valence-electron chi connectivity index (χ4n) is 1.74. The third kappa shape index (κ3) is 2.49. The highest BCUT2D eigenvalue weighted by atomic mass is 16.3. The van der Waals surface area contributed by atoms with Crippen molar-refractivity contribution in [2.24, 2.45) is 0 Å². The summed E-state index contributed by atoms with van der Waals surface area (Å²) in [6.45, 7) is 4.23. The van der Waals surface area contributed by atoms with E-state index in [4.69, 9.17) is 4.42 Å². The van der Waals surface area contributed by atoms with Gasteiger partial charge in [0.15, 0.2) is 0 Å². The molecule has 0 aliphatic carbocycles. The molecule has 2 aromatic heterocycles. The summed E-state index contributed by atoms with van der Waals surface area (Å²) in [5, 5.41) is 3.48. The van der Waals surface area contributed by atoms with Crippen molar-refractivity contribution in [2.75, 3.05) is 0 Å². The highest BCUT2D eigenvalue weighted by Gasteiger charge is 2.12. The first kappa shape index (κ1) is 10.9. The minimum absolute atomic E-state index is 0.207. The maximum atomic E-state index is 5.36. The summed E-state index contributed by atoms with van der Waals surface area (Å²) >= 11 is 0. The van der Waals surface area contributed by atoms with Crippen molar-refractivity contribution in [3.8, 4) is 0 Å². The molecule has 3 nitrogen and oxygen atoms in total. The molecule has 1 N–H and O–H groups in total. The monoisotopic (exact) mass is 216 g/mol. The third-order valence-electron chi connectivity index (χ3n) is 2.68. The summed E-state index contributed by atoms with van der Waals surface area (Å²) < 4.78 is 5.36. The Morgan fingerprint density at radius 1 is 1.12 bits per heavy atom. The van der Waals surface area contributed by atoms with Gasteiger partial charge in [-0.05, 0) is 43.7 Å². The zero-order valence-electron chi connectivity index (χ0n) is 9.55. The number of nitrogens with one attached hydrogen (secondary N) is 1. The highest BCUT2D eigenvalue weighted by Crippen LogP contribution is 2.18. The van der Waals surface area contributed by atoms with Crippen molar-refractivity contribution in [1.29, 1.82) is 0 Å². The Bertz CT molecular complexity index is 411. The van der Waals surface area contributed by atoms with Crippen LogP contribution in [0, 0.1) is 0 Å². The molecule has 2 aromatic rings. The summed E-state index contributed by atoms with van der Waals surface area (Å²) in [7, 11) is 0. The van der Waals surface area contributed by atoms with E-state index < -0.39 is 0 Å². The van der Waals surface area contributed by atoms with Gasteiger partial charge in [-0.15, -0.1) is 0 Å². The second kappa shape index (κ2) is 4.94. The van der Waals surface area contributed by atoms with Crippen LogP contribution >= 0.6 is 0 Å². The van der Waals surface area contributed by atoms with Crippen LogP contribution in [0.4, 0.5) is 0 Å².